The molecule has 1 unspecified atom stereocenters. The van der Waals surface area contributed by atoms with Gasteiger partial charge in [0.1, 0.15) is 11.0 Å². The Balaban J connectivity index is 2.37. The molecular weight excluding hydrogens is 368 g/mol. The van der Waals surface area contributed by atoms with Crippen LogP contribution < -0.4 is 20.5 Å². The first kappa shape index (κ1) is 20.8. The maximum Gasteiger partial charge on any atom is 0.232 e. The van der Waals surface area contributed by atoms with E-state index in [0.29, 0.717) is 17.1 Å². The first-order valence-corrected chi connectivity index (χ1v) is 8.82. The van der Waals surface area contributed by atoms with E-state index >= 15 is 0 Å². The molecule has 1 amide bonds. The normalized spacial score (nSPS) is 12.4. The average molecular weight is 393 g/mol. The van der Waals surface area contributed by atoms with E-state index in [2.05, 4.69) is 15.3 Å². The van der Waals surface area contributed by atoms with Crippen LogP contribution in [-0.4, -0.2) is 30.1 Å². The molecule has 8 heteroatoms. The fourth-order valence-corrected chi connectivity index (χ4v) is 2.83. The van der Waals surface area contributed by atoms with E-state index in [-0.39, 0.29) is 28.7 Å². The predicted octanol–water partition coefficient (Wildman–Crippen LogP) is 3.87. The van der Waals surface area contributed by atoms with Gasteiger partial charge in [0.05, 0.1) is 14.2 Å². The Morgan fingerprint density at radius 3 is 2.33 bits per heavy atom. The highest BCUT2D eigenvalue weighted by molar-refractivity contribution is 6.30. The van der Waals surface area contributed by atoms with E-state index < -0.39 is 5.41 Å². The van der Waals surface area contributed by atoms with E-state index in [1.807, 2.05) is 25.1 Å². The standard InChI is InChI=1S/C19H25ClN4O3/c1-10(11-7-8-12(26-5)13(9-11)27-6)14-15(20)22-18(23-16(14)21)24-17(25)19(2,3)4/h7-10H,1-6H3,(H3,21,22,23,24,25). The van der Waals surface area contributed by atoms with Crippen LogP contribution in [0.2, 0.25) is 5.15 Å². The molecule has 0 aliphatic rings. The molecule has 0 bridgehead atoms. The predicted molar refractivity (Wildman–Crippen MR) is 107 cm³/mol. The molecule has 1 atom stereocenters. The number of rotatable bonds is 5. The molecule has 0 fully saturated rings. The number of anilines is 2. The number of carbonyl (C=O) groups is 1. The fourth-order valence-electron chi connectivity index (χ4n) is 2.49. The number of ether oxygens (including phenoxy) is 2. The molecule has 0 spiro atoms. The van der Waals surface area contributed by atoms with Crippen LogP contribution in [0.25, 0.3) is 0 Å². The Labute approximate surface area is 164 Å². The van der Waals surface area contributed by atoms with Crippen LogP contribution >= 0.6 is 11.6 Å². The number of hydrogen-bond donors (Lipinski definition) is 2. The van der Waals surface area contributed by atoms with Crippen molar-refractivity contribution in [2.75, 3.05) is 25.3 Å². The maximum absolute atomic E-state index is 12.1. The van der Waals surface area contributed by atoms with Gasteiger partial charge in [-0.05, 0) is 17.7 Å². The molecule has 146 valence electrons. The van der Waals surface area contributed by atoms with Crippen molar-refractivity contribution < 1.29 is 14.3 Å². The number of amides is 1. The highest BCUT2D eigenvalue weighted by Gasteiger charge is 2.24. The lowest BCUT2D eigenvalue weighted by Gasteiger charge is -2.20. The highest BCUT2D eigenvalue weighted by atomic mass is 35.5. The zero-order valence-electron chi connectivity index (χ0n) is 16.4. The summed E-state index contributed by atoms with van der Waals surface area (Å²) >= 11 is 6.37. The van der Waals surface area contributed by atoms with Crippen LogP contribution in [0.5, 0.6) is 11.5 Å². The molecular formula is C19H25ClN4O3. The largest absolute Gasteiger partial charge is 0.493 e. The lowest BCUT2D eigenvalue weighted by molar-refractivity contribution is -0.123. The van der Waals surface area contributed by atoms with Crippen molar-refractivity contribution in [2.24, 2.45) is 5.41 Å². The monoisotopic (exact) mass is 392 g/mol. The second-order valence-electron chi connectivity index (χ2n) is 7.18. The number of hydrogen-bond acceptors (Lipinski definition) is 6. The molecule has 1 aromatic heterocycles. The van der Waals surface area contributed by atoms with Gasteiger partial charge < -0.3 is 15.2 Å². The van der Waals surface area contributed by atoms with Crippen LogP contribution in [0.15, 0.2) is 18.2 Å². The van der Waals surface area contributed by atoms with Gasteiger partial charge in [0, 0.05) is 16.9 Å². The van der Waals surface area contributed by atoms with Crippen molar-refractivity contribution in [3.63, 3.8) is 0 Å². The molecule has 7 nitrogen and oxygen atoms in total. The minimum atomic E-state index is -0.587. The van der Waals surface area contributed by atoms with Crippen LogP contribution in [0.4, 0.5) is 11.8 Å². The summed E-state index contributed by atoms with van der Waals surface area (Å²) in [6.45, 7) is 7.32. The van der Waals surface area contributed by atoms with Crippen molar-refractivity contribution in [3.05, 3.63) is 34.5 Å². The number of nitrogens with one attached hydrogen (secondary N) is 1. The van der Waals surface area contributed by atoms with Crippen molar-refractivity contribution in [1.29, 1.82) is 0 Å². The number of methoxy groups -OCH3 is 2. The van der Waals surface area contributed by atoms with Gasteiger partial charge in [-0.3, -0.25) is 10.1 Å². The lowest BCUT2D eigenvalue weighted by Crippen LogP contribution is -2.28. The summed E-state index contributed by atoms with van der Waals surface area (Å²) in [5, 5.41) is 2.83. The van der Waals surface area contributed by atoms with E-state index in [1.54, 1.807) is 35.0 Å². The Hall–Kier alpha value is -2.54. The van der Waals surface area contributed by atoms with Crippen LogP contribution in [0, 0.1) is 5.41 Å². The molecule has 2 rings (SSSR count). The van der Waals surface area contributed by atoms with Crippen LogP contribution in [0.1, 0.15) is 44.7 Å². The number of nitrogens with zero attached hydrogens (tertiary/aromatic N) is 2. The van der Waals surface area contributed by atoms with E-state index in [1.165, 1.54) is 0 Å². The second kappa shape index (κ2) is 8.00. The molecule has 2 aromatic rings. The summed E-state index contributed by atoms with van der Waals surface area (Å²) in [5.74, 6) is 1.11. The molecule has 27 heavy (non-hydrogen) atoms. The first-order chi connectivity index (χ1) is 12.6. The minimum absolute atomic E-state index is 0.0840. The molecule has 0 aliphatic heterocycles. The maximum atomic E-state index is 12.1. The summed E-state index contributed by atoms with van der Waals surface area (Å²) in [6, 6.07) is 5.57. The lowest BCUT2D eigenvalue weighted by atomic mass is 9.94. The first-order valence-electron chi connectivity index (χ1n) is 8.44. The number of aromatic nitrogens is 2. The second-order valence-corrected chi connectivity index (χ2v) is 7.54. The molecule has 0 aliphatic carbocycles. The third-order valence-corrected chi connectivity index (χ3v) is 4.46. The Bertz CT molecular complexity index is 826. The average Bonchev–Trinajstić information content (AvgIpc) is 2.59. The smallest absolute Gasteiger partial charge is 0.232 e. The summed E-state index contributed by atoms with van der Waals surface area (Å²) in [4.78, 5) is 20.5. The summed E-state index contributed by atoms with van der Waals surface area (Å²) < 4.78 is 10.6. The van der Waals surface area contributed by atoms with Crippen molar-refractivity contribution in [1.82, 2.24) is 9.97 Å². The van der Waals surface area contributed by atoms with Crippen molar-refractivity contribution in [2.45, 2.75) is 33.6 Å². The number of benzene rings is 1. The summed E-state index contributed by atoms with van der Waals surface area (Å²) in [5.41, 5.74) is 7.04. The Morgan fingerprint density at radius 1 is 1.19 bits per heavy atom. The van der Waals surface area contributed by atoms with E-state index in [0.717, 1.165) is 5.56 Å². The summed E-state index contributed by atoms with van der Waals surface area (Å²) in [7, 11) is 3.15. The quantitative estimate of drug-likeness (QED) is 0.749. The molecule has 1 heterocycles. The van der Waals surface area contributed by atoms with E-state index in [9.17, 15) is 4.79 Å². The van der Waals surface area contributed by atoms with Gasteiger partial charge >= 0.3 is 0 Å². The molecule has 0 saturated carbocycles. The fraction of sp³-hybridized carbons (Fsp3) is 0.421. The Kier molecular flexibility index (Phi) is 6.15. The third kappa shape index (κ3) is 4.60. The van der Waals surface area contributed by atoms with Crippen molar-refractivity contribution in [3.8, 4) is 11.5 Å². The van der Waals surface area contributed by atoms with Crippen LogP contribution in [0.3, 0.4) is 0 Å². The SMILES string of the molecule is COc1ccc(C(C)c2c(N)nc(NC(=O)C(C)(C)C)nc2Cl)cc1OC. The number of carbonyl (C=O) groups excluding carboxylic acids is 1. The van der Waals surface area contributed by atoms with Gasteiger partial charge in [0.25, 0.3) is 0 Å². The topological polar surface area (TPSA) is 99.4 Å². The van der Waals surface area contributed by atoms with E-state index in [4.69, 9.17) is 26.8 Å². The number of nitrogen functional groups attached to an aromatic ring is 1. The van der Waals surface area contributed by atoms with Gasteiger partial charge in [-0.2, -0.15) is 4.98 Å². The molecule has 0 radical (unpaired) electrons. The Morgan fingerprint density at radius 2 is 1.81 bits per heavy atom. The summed E-state index contributed by atoms with van der Waals surface area (Å²) in [6.07, 6.45) is 0. The van der Waals surface area contributed by atoms with Gasteiger partial charge in [-0.1, -0.05) is 45.4 Å². The van der Waals surface area contributed by atoms with Crippen LogP contribution in [-0.2, 0) is 4.79 Å². The zero-order chi connectivity index (χ0) is 20.4. The molecule has 3 N–H and O–H groups in total. The molecule has 1 aromatic carbocycles. The molecule has 0 saturated heterocycles. The zero-order valence-corrected chi connectivity index (χ0v) is 17.1. The van der Waals surface area contributed by atoms with Crippen molar-refractivity contribution >= 4 is 29.3 Å². The highest BCUT2D eigenvalue weighted by Crippen LogP contribution is 2.37. The third-order valence-electron chi connectivity index (χ3n) is 4.18. The van der Waals surface area contributed by atoms with Gasteiger partial charge in [0.15, 0.2) is 11.5 Å². The van der Waals surface area contributed by atoms with Gasteiger partial charge in [-0.15, -0.1) is 0 Å². The van der Waals surface area contributed by atoms with Gasteiger partial charge in [-0.25, -0.2) is 4.98 Å². The van der Waals surface area contributed by atoms with Gasteiger partial charge in [0.2, 0.25) is 11.9 Å². The minimum Gasteiger partial charge on any atom is -0.493 e. The number of halogens is 1. The number of nitrogens with two attached hydrogens (primary N) is 1.